The highest BCUT2D eigenvalue weighted by atomic mass is 79.9. The lowest BCUT2D eigenvalue weighted by Crippen LogP contribution is -2.28. The molecule has 3 nitrogen and oxygen atoms in total. The molecule has 1 atom stereocenters. The second-order valence-corrected chi connectivity index (χ2v) is 7.86. The van der Waals surface area contributed by atoms with Gasteiger partial charge in [0, 0.05) is 11.4 Å². The van der Waals surface area contributed by atoms with Gasteiger partial charge in [0.2, 0.25) is 10.0 Å². The fourth-order valence-corrected chi connectivity index (χ4v) is 3.01. The molecular weight excluding hydrogens is 314 g/mol. The van der Waals surface area contributed by atoms with Gasteiger partial charge in [-0.25, -0.2) is 13.1 Å². The van der Waals surface area contributed by atoms with Gasteiger partial charge < -0.3 is 0 Å². The summed E-state index contributed by atoms with van der Waals surface area (Å²) in [5.74, 6) is 0.154. The fourth-order valence-electron chi connectivity index (χ4n) is 1.58. The Morgan fingerprint density at radius 2 is 1.94 bits per heavy atom. The highest BCUT2D eigenvalue weighted by Crippen LogP contribution is 2.06. The predicted octanol–water partition coefficient (Wildman–Crippen LogP) is 2.71. The summed E-state index contributed by atoms with van der Waals surface area (Å²) >= 11 is 3.44. The predicted molar refractivity (Wildman–Crippen MR) is 79.6 cm³/mol. The summed E-state index contributed by atoms with van der Waals surface area (Å²) in [4.78, 5) is 0.436. The van der Waals surface area contributed by atoms with Crippen LogP contribution in [0.3, 0.4) is 0 Å². The van der Waals surface area contributed by atoms with E-state index in [-0.39, 0.29) is 5.75 Å². The van der Waals surface area contributed by atoms with E-state index in [1.54, 1.807) is 0 Å². The van der Waals surface area contributed by atoms with Crippen molar-refractivity contribution in [1.82, 2.24) is 4.72 Å². The zero-order chi connectivity index (χ0) is 13.4. The molecule has 18 heavy (non-hydrogen) atoms. The Morgan fingerprint density at radius 3 is 2.56 bits per heavy atom. The van der Waals surface area contributed by atoms with E-state index in [1.165, 1.54) is 0 Å². The van der Waals surface area contributed by atoms with Crippen LogP contribution < -0.4 is 4.72 Å². The first-order chi connectivity index (χ1) is 8.49. The van der Waals surface area contributed by atoms with E-state index in [1.807, 2.05) is 30.3 Å². The van der Waals surface area contributed by atoms with E-state index >= 15 is 0 Å². The number of rotatable bonds is 8. The zero-order valence-electron chi connectivity index (χ0n) is 10.6. The first-order valence-electron chi connectivity index (χ1n) is 6.15. The van der Waals surface area contributed by atoms with Crippen LogP contribution in [0.25, 0.3) is 0 Å². The number of sulfonamides is 1. The van der Waals surface area contributed by atoms with Gasteiger partial charge in [0.25, 0.3) is 0 Å². The molecule has 1 aromatic carbocycles. The maximum Gasteiger partial charge on any atom is 0.211 e. The Kier molecular flexibility index (Phi) is 6.89. The highest BCUT2D eigenvalue weighted by molar-refractivity contribution is 9.09. The maximum absolute atomic E-state index is 11.7. The lowest BCUT2D eigenvalue weighted by molar-refractivity contribution is 0.576. The van der Waals surface area contributed by atoms with Gasteiger partial charge in [0.15, 0.2) is 0 Å². The molecule has 0 amide bonds. The number of hydrogen-bond acceptors (Lipinski definition) is 2. The number of alkyl halides is 1. The third kappa shape index (κ3) is 7.13. The molecule has 0 radical (unpaired) electrons. The minimum atomic E-state index is -3.14. The summed E-state index contributed by atoms with van der Waals surface area (Å²) in [6.45, 7) is 2.58. The molecule has 1 unspecified atom stereocenters. The molecule has 0 spiro atoms. The second-order valence-electron chi connectivity index (χ2n) is 4.37. The average molecular weight is 334 g/mol. The lowest BCUT2D eigenvalue weighted by Gasteiger charge is -2.07. The Morgan fingerprint density at radius 1 is 1.28 bits per heavy atom. The minimum absolute atomic E-state index is 0.154. The van der Waals surface area contributed by atoms with E-state index in [2.05, 4.69) is 27.6 Å². The Bertz CT molecular complexity index is 432. The monoisotopic (exact) mass is 333 g/mol. The van der Waals surface area contributed by atoms with Crippen molar-refractivity contribution >= 4 is 26.0 Å². The van der Waals surface area contributed by atoms with Gasteiger partial charge in [-0.3, -0.25) is 0 Å². The van der Waals surface area contributed by atoms with Crippen molar-refractivity contribution in [1.29, 1.82) is 0 Å². The van der Waals surface area contributed by atoms with Gasteiger partial charge in [-0.05, 0) is 24.8 Å². The third-order valence-corrected chi connectivity index (χ3v) is 4.45. The number of nitrogens with one attached hydrogen (secondary N) is 1. The molecule has 0 aliphatic rings. The van der Waals surface area contributed by atoms with Crippen LogP contribution in [0.1, 0.15) is 25.3 Å². The van der Waals surface area contributed by atoms with Crippen LogP contribution in [0.15, 0.2) is 30.3 Å². The molecule has 5 heteroatoms. The normalized spacial score (nSPS) is 13.4. The van der Waals surface area contributed by atoms with Crippen LogP contribution in [-0.2, 0) is 16.4 Å². The minimum Gasteiger partial charge on any atom is -0.215 e. The van der Waals surface area contributed by atoms with Crippen molar-refractivity contribution in [3.63, 3.8) is 0 Å². The van der Waals surface area contributed by atoms with Gasteiger partial charge in [-0.2, -0.15) is 0 Å². The molecule has 1 N–H and O–H groups in total. The summed E-state index contributed by atoms with van der Waals surface area (Å²) < 4.78 is 26.1. The van der Waals surface area contributed by atoms with Gasteiger partial charge in [-0.15, -0.1) is 0 Å². The molecule has 102 valence electrons. The second kappa shape index (κ2) is 7.92. The molecule has 0 aromatic heterocycles. The quantitative estimate of drug-likeness (QED) is 0.587. The summed E-state index contributed by atoms with van der Waals surface area (Å²) in [5, 5.41) is 0. The van der Waals surface area contributed by atoms with Crippen molar-refractivity contribution in [3.8, 4) is 0 Å². The third-order valence-electron chi connectivity index (χ3n) is 2.60. The SMILES string of the molecule is CC(Br)CCCNS(=O)(=O)CCc1ccccc1. The lowest BCUT2D eigenvalue weighted by atomic mass is 10.2. The molecule has 1 rings (SSSR count). The van der Waals surface area contributed by atoms with Crippen molar-refractivity contribution in [2.45, 2.75) is 31.0 Å². The average Bonchev–Trinajstić information content (AvgIpc) is 2.34. The number of aryl methyl sites for hydroxylation is 1. The Hall–Kier alpha value is -0.390. The van der Waals surface area contributed by atoms with E-state index in [0.29, 0.717) is 17.8 Å². The van der Waals surface area contributed by atoms with E-state index < -0.39 is 10.0 Å². The van der Waals surface area contributed by atoms with E-state index in [0.717, 1.165) is 18.4 Å². The molecule has 0 saturated heterocycles. The molecule has 0 aliphatic carbocycles. The van der Waals surface area contributed by atoms with Gasteiger partial charge in [0.05, 0.1) is 5.75 Å². The van der Waals surface area contributed by atoms with Crippen LogP contribution >= 0.6 is 15.9 Å². The van der Waals surface area contributed by atoms with Crippen LogP contribution in [0.4, 0.5) is 0 Å². The summed E-state index contributed by atoms with van der Waals surface area (Å²) in [6, 6.07) is 9.67. The van der Waals surface area contributed by atoms with Crippen molar-refractivity contribution < 1.29 is 8.42 Å². The summed E-state index contributed by atoms with van der Waals surface area (Å²) in [7, 11) is -3.14. The summed E-state index contributed by atoms with van der Waals surface area (Å²) in [6.07, 6.45) is 2.39. The van der Waals surface area contributed by atoms with Gasteiger partial charge >= 0.3 is 0 Å². The first-order valence-corrected chi connectivity index (χ1v) is 8.72. The Balaban J connectivity index is 2.28. The molecule has 0 bridgehead atoms. The van der Waals surface area contributed by atoms with Crippen molar-refractivity contribution in [2.75, 3.05) is 12.3 Å². The van der Waals surface area contributed by atoms with Gasteiger partial charge in [-0.1, -0.05) is 53.2 Å². The standard InChI is InChI=1S/C13H20BrNO2S/c1-12(14)6-5-10-15-18(16,17)11-9-13-7-3-2-4-8-13/h2-4,7-8,12,15H,5-6,9-11H2,1H3. The number of halogens is 1. The Labute approximate surface area is 118 Å². The molecule has 0 heterocycles. The van der Waals surface area contributed by atoms with Crippen molar-refractivity contribution in [3.05, 3.63) is 35.9 Å². The van der Waals surface area contributed by atoms with Crippen LogP contribution in [0.5, 0.6) is 0 Å². The van der Waals surface area contributed by atoms with E-state index in [4.69, 9.17) is 0 Å². The smallest absolute Gasteiger partial charge is 0.211 e. The first kappa shape index (κ1) is 15.7. The van der Waals surface area contributed by atoms with Crippen LogP contribution in [-0.4, -0.2) is 25.5 Å². The maximum atomic E-state index is 11.7. The summed E-state index contributed by atoms with van der Waals surface area (Å²) in [5.41, 5.74) is 1.05. The largest absolute Gasteiger partial charge is 0.215 e. The van der Waals surface area contributed by atoms with Crippen LogP contribution in [0, 0.1) is 0 Å². The highest BCUT2D eigenvalue weighted by Gasteiger charge is 2.09. The van der Waals surface area contributed by atoms with Crippen LogP contribution in [0.2, 0.25) is 0 Å². The number of benzene rings is 1. The molecule has 0 fully saturated rings. The molecule has 0 saturated carbocycles. The number of hydrogen-bond donors (Lipinski definition) is 1. The zero-order valence-corrected chi connectivity index (χ0v) is 13.0. The fraction of sp³-hybridized carbons (Fsp3) is 0.538. The van der Waals surface area contributed by atoms with Gasteiger partial charge in [0.1, 0.15) is 0 Å². The van der Waals surface area contributed by atoms with Crippen molar-refractivity contribution in [2.24, 2.45) is 0 Å². The topological polar surface area (TPSA) is 46.2 Å². The molecule has 1 aromatic rings. The molecule has 0 aliphatic heterocycles. The molecular formula is C13H20BrNO2S. The van der Waals surface area contributed by atoms with E-state index in [9.17, 15) is 8.42 Å².